The molecule has 128 valence electrons. The summed E-state index contributed by atoms with van der Waals surface area (Å²) in [6.45, 7) is 8.15. The molecule has 6 heteroatoms. The van der Waals surface area contributed by atoms with Crippen LogP contribution in [0, 0.1) is 5.92 Å². The van der Waals surface area contributed by atoms with Crippen molar-refractivity contribution in [3.8, 4) is 11.3 Å². The van der Waals surface area contributed by atoms with Gasteiger partial charge in [-0.2, -0.15) is 5.10 Å². The fourth-order valence-corrected chi connectivity index (χ4v) is 3.07. The Balaban J connectivity index is 1.91. The van der Waals surface area contributed by atoms with Crippen LogP contribution >= 0.6 is 11.6 Å². The number of halogens is 1. The van der Waals surface area contributed by atoms with Crippen molar-refractivity contribution in [2.24, 2.45) is 5.92 Å². The number of carboxylic acids is 1. The van der Waals surface area contributed by atoms with Crippen molar-refractivity contribution in [2.75, 3.05) is 13.1 Å². The molecule has 2 heterocycles. The minimum Gasteiger partial charge on any atom is -0.481 e. The Labute approximate surface area is 146 Å². The maximum atomic E-state index is 11.0. The number of carboxylic acid groups (broad SMARTS) is 1. The molecule has 0 amide bonds. The first kappa shape index (κ1) is 17.0. The van der Waals surface area contributed by atoms with E-state index in [1.54, 1.807) is 0 Å². The van der Waals surface area contributed by atoms with E-state index in [9.17, 15) is 4.79 Å². The first-order valence-electron chi connectivity index (χ1n) is 8.05. The van der Waals surface area contributed by atoms with Gasteiger partial charge in [0.2, 0.25) is 0 Å². The lowest BCUT2D eigenvalue weighted by Gasteiger charge is -2.36. The second-order valence-corrected chi connectivity index (χ2v) is 7.73. The van der Waals surface area contributed by atoms with E-state index in [2.05, 4.69) is 25.7 Å². The van der Waals surface area contributed by atoms with Crippen LogP contribution in [0.2, 0.25) is 5.02 Å². The van der Waals surface area contributed by atoms with Crippen LogP contribution in [0.1, 0.15) is 26.3 Å². The molecule has 1 N–H and O–H groups in total. The molecule has 0 unspecified atom stereocenters. The Kier molecular flexibility index (Phi) is 4.40. The minimum atomic E-state index is -0.719. The SMILES string of the molecule is CC(C)(C)n1cc(CN2CC(C(=O)O)C2)c(-c2ccccc2Cl)n1. The molecule has 0 spiro atoms. The number of hydrogen-bond donors (Lipinski definition) is 1. The summed E-state index contributed by atoms with van der Waals surface area (Å²) in [4.78, 5) is 13.1. The zero-order valence-corrected chi connectivity index (χ0v) is 14.9. The van der Waals surface area contributed by atoms with Gasteiger partial charge >= 0.3 is 5.97 Å². The van der Waals surface area contributed by atoms with Crippen molar-refractivity contribution in [3.63, 3.8) is 0 Å². The number of aliphatic carboxylic acids is 1. The zero-order chi connectivity index (χ0) is 17.5. The third kappa shape index (κ3) is 3.32. The van der Waals surface area contributed by atoms with E-state index in [0.29, 0.717) is 24.7 Å². The van der Waals surface area contributed by atoms with E-state index in [0.717, 1.165) is 16.8 Å². The molecule has 0 radical (unpaired) electrons. The van der Waals surface area contributed by atoms with E-state index < -0.39 is 5.97 Å². The second kappa shape index (κ2) is 6.22. The number of benzene rings is 1. The molecule has 1 aliphatic heterocycles. The van der Waals surface area contributed by atoms with E-state index in [-0.39, 0.29) is 11.5 Å². The summed E-state index contributed by atoms with van der Waals surface area (Å²) in [5.74, 6) is -0.977. The van der Waals surface area contributed by atoms with Crippen molar-refractivity contribution >= 4 is 17.6 Å². The van der Waals surface area contributed by atoms with Crippen molar-refractivity contribution in [3.05, 3.63) is 41.0 Å². The van der Waals surface area contributed by atoms with Crippen molar-refractivity contribution in [1.29, 1.82) is 0 Å². The van der Waals surface area contributed by atoms with Crippen LogP contribution in [0.15, 0.2) is 30.5 Å². The lowest BCUT2D eigenvalue weighted by Crippen LogP contribution is -2.49. The Morgan fingerprint density at radius 1 is 1.33 bits per heavy atom. The van der Waals surface area contributed by atoms with E-state index in [1.165, 1.54) is 0 Å². The molecule has 2 aromatic rings. The molecule has 1 aliphatic rings. The standard InChI is InChI=1S/C18H22ClN3O2/c1-18(2,3)22-11-12(8-21-9-13(10-21)17(23)24)16(20-22)14-6-4-5-7-15(14)19/h4-7,11,13H,8-10H2,1-3H3,(H,23,24). The number of carbonyl (C=O) groups is 1. The highest BCUT2D eigenvalue weighted by molar-refractivity contribution is 6.33. The van der Waals surface area contributed by atoms with Crippen molar-refractivity contribution in [1.82, 2.24) is 14.7 Å². The van der Waals surface area contributed by atoms with Gasteiger partial charge in [0.15, 0.2) is 0 Å². The van der Waals surface area contributed by atoms with Gasteiger partial charge in [-0.15, -0.1) is 0 Å². The molecule has 1 fully saturated rings. The van der Waals surface area contributed by atoms with Gasteiger partial charge in [0.1, 0.15) is 0 Å². The fraction of sp³-hybridized carbons (Fsp3) is 0.444. The van der Waals surface area contributed by atoms with Gasteiger partial charge in [-0.3, -0.25) is 14.4 Å². The number of likely N-dealkylation sites (tertiary alicyclic amines) is 1. The highest BCUT2D eigenvalue weighted by atomic mass is 35.5. The molecule has 5 nitrogen and oxygen atoms in total. The molecule has 0 atom stereocenters. The second-order valence-electron chi connectivity index (χ2n) is 7.33. The normalized spacial score (nSPS) is 16.2. The van der Waals surface area contributed by atoms with E-state index >= 15 is 0 Å². The summed E-state index contributed by atoms with van der Waals surface area (Å²) in [6, 6.07) is 7.68. The van der Waals surface area contributed by atoms with Gasteiger partial charge in [0.25, 0.3) is 0 Å². The molecular formula is C18H22ClN3O2. The average molecular weight is 348 g/mol. The van der Waals surface area contributed by atoms with Gasteiger partial charge in [-0.25, -0.2) is 0 Å². The molecule has 0 saturated carbocycles. The Hall–Kier alpha value is -1.85. The molecule has 0 bridgehead atoms. The van der Waals surface area contributed by atoms with Gasteiger partial charge < -0.3 is 5.11 Å². The fourth-order valence-electron chi connectivity index (χ4n) is 2.85. The van der Waals surface area contributed by atoms with Crippen LogP contribution in [0.4, 0.5) is 0 Å². The molecule has 1 aromatic heterocycles. The predicted molar refractivity (Wildman–Crippen MR) is 94.1 cm³/mol. The Bertz CT molecular complexity index is 758. The van der Waals surface area contributed by atoms with Crippen LogP contribution in [-0.2, 0) is 16.9 Å². The van der Waals surface area contributed by atoms with Crippen LogP contribution in [0.3, 0.4) is 0 Å². The largest absolute Gasteiger partial charge is 0.481 e. The lowest BCUT2D eigenvalue weighted by molar-refractivity contribution is -0.147. The maximum Gasteiger partial charge on any atom is 0.309 e. The van der Waals surface area contributed by atoms with Gasteiger partial charge in [0.05, 0.1) is 22.2 Å². The average Bonchev–Trinajstić information content (AvgIpc) is 2.86. The third-order valence-corrected chi connectivity index (χ3v) is 4.64. The number of hydrogen-bond acceptors (Lipinski definition) is 3. The monoisotopic (exact) mass is 347 g/mol. The summed E-state index contributed by atoms with van der Waals surface area (Å²) in [5, 5.41) is 14.5. The molecular weight excluding hydrogens is 326 g/mol. The lowest BCUT2D eigenvalue weighted by atomic mass is 9.99. The summed E-state index contributed by atoms with van der Waals surface area (Å²) in [7, 11) is 0. The number of aromatic nitrogens is 2. The first-order chi connectivity index (χ1) is 11.3. The quantitative estimate of drug-likeness (QED) is 0.920. The zero-order valence-electron chi connectivity index (χ0n) is 14.2. The summed E-state index contributed by atoms with van der Waals surface area (Å²) in [6.07, 6.45) is 2.05. The topological polar surface area (TPSA) is 58.4 Å². The molecule has 1 aromatic carbocycles. The highest BCUT2D eigenvalue weighted by Crippen LogP contribution is 2.32. The summed E-state index contributed by atoms with van der Waals surface area (Å²) < 4.78 is 1.95. The van der Waals surface area contributed by atoms with Crippen LogP contribution in [-0.4, -0.2) is 38.8 Å². The Morgan fingerprint density at radius 2 is 2.00 bits per heavy atom. The molecule has 24 heavy (non-hydrogen) atoms. The van der Waals surface area contributed by atoms with E-state index in [4.69, 9.17) is 21.8 Å². The van der Waals surface area contributed by atoms with Crippen LogP contribution in [0.5, 0.6) is 0 Å². The minimum absolute atomic E-state index is 0.132. The highest BCUT2D eigenvalue weighted by Gasteiger charge is 2.33. The van der Waals surface area contributed by atoms with Gasteiger partial charge in [-0.1, -0.05) is 29.8 Å². The van der Waals surface area contributed by atoms with Gasteiger partial charge in [-0.05, 0) is 26.8 Å². The predicted octanol–water partition coefficient (Wildman–Crippen LogP) is 3.47. The first-order valence-corrected chi connectivity index (χ1v) is 8.42. The molecule has 3 rings (SSSR count). The van der Waals surface area contributed by atoms with Crippen molar-refractivity contribution in [2.45, 2.75) is 32.9 Å². The summed E-state index contributed by atoms with van der Waals surface area (Å²) >= 11 is 6.36. The third-order valence-electron chi connectivity index (χ3n) is 4.31. The number of nitrogens with zero attached hydrogens (tertiary/aromatic N) is 3. The van der Waals surface area contributed by atoms with E-state index in [1.807, 2.05) is 35.1 Å². The molecule has 1 saturated heterocycles. The smallest absolute Gasteiger partial charge is 0.309 e. The summed E-state index contributed by atoms with van der Waals surface area (Å²) in [5.41, 5.74) is 2.72. The van der Waals surface area contributed by atoms with Gasteiger partial charge in [0, 0.05) is 37.0 Å². The van der Waals surface area contributed by atoms with Crippen LogP contribution < -0.4 is 0 Å². The number of rotatable bonds is 4. The Morgan fingerprint density at radius 3 is 2.58 bits per heavy atom. The molecule has 0 aliphatic carbocycles. The maximum absolute atomic E-state index is 11.0. The van der Waals surface area contributed by atoms with Crippen LogP contribution in [0.25, 0.3) is 11.3 Å². The van der Waals surface area contributed by atoms with Crippen molar-refractivity contribution < 1.29 is 9.90 Å².